The Hall–Kier alpha value is -1.59. The van der Waals surface area contributed by atoms with Gasteiger partial charge in [0.25, 0.3) is 0 Å². The smallest absolute Gasteiger partial charge is 0.223 e. The molecule has 5 nitrogen and oxygen atoms in total. The minimum Gasteiger partial charge on any atom is -0.494 e. The van der Waals surface area contributed by atoms with E-state index in [0.29, 0.717) is 38.6 Å². The molecule has 24 heavy (non-hydrogen) atoms. The lowest BCUT2D eigenvalue weighted by Crippen LogP contribution is -2.66. The van der Waals surface area contributed by atoms with Crippen LogP contribution in [0.1, 0.15) is 25.3 Å². The normalized spacial score (nSPS) is 21.8. The molecule has 1 aromatic rings. The molecular weight excluding hydrogens is 306 g/mol. The standard InChI is InChI=1S/C19H27NO4/c1-3-23-17-7-4-15(5-8-17)6-9-18(21)20-13-19(14-20)16(12-22-2)10-11-24-19/h4-5,7-8,16H,3,6,9-14H2,1-2H3/t16-/m0/s1. The number of amides is 1. The minimum atomic E-state index is -0.148. The quantitative estimate of drug-likeness (QED) is 0.768. The Morgan fingerprint density at radius 2 is 2.08 bits per heavy atom. The van der Waals surface area contributed by atoms with Crippen LogP contribution in [0.5, 0.6) is 5.75 Å². The third-order valence-corrected chi connectivity index (χ3v) is 5.10. The van der Waals surface area contributed by atoms with E-state index in [0.717, 1.165) is 30.8 Å². The Bertz CT molecular complexity index is 551. The van der Waals surface area contributed by atoms with Gasteiger partial charge in [0.05, 0.1) is 26.3 Å². The average Bonchev–Trinajstić information content (AvgIpc) is 2.97. The van der Waals surface area contributed by atoms with Crippen molar-refractivity contribution in [3.05, 3.63) is 29.8 Å². The van der Waals surface area contributed by atoms with Gasteiger partial charge in [0.2, 0.25) is 5.91 Å². The fourth-order valence-corrected chi connectivity index (χ4v) is 3.68. The number of likely N-dealkylation sites (tertiary alicyclic amines) is 1. The summed E-state index contributed by atoms with van der Waals surface area (Å²) in [6.07, 6.45) is 2.33. The molecule has 1 amide bonds. The second-order valence-electron chi connectivity index (χ2n) is 6.68. The molecule has 0 bridgehead atoms. The molecule has 1 spiro atoms. The van der Waals surface area contributed by atoms with E-state index in [1.54, 1.807) is 7.11 Å². The molecule has 2 aliphatic rings. The van der Waals surface area contributed by atoms with Gasteiger partial charge in [0.15, 0.2) is 0 Å². The number of hydrogen-bond donors (Lipinski definition) is 0. The lowest BCUT2D eigenvalue weighted by atomic mass is 9.81. The van der Waals surface area contributed by atoms with Crippen molar-refractivity contribution in [2.45, 2.75) is 31.8 Å². The third kappa shape index (κ3) is 3.57. The molecule has 1 aromatic carbocycles. The van der Waals surface area contributed by atoms with Crippen molar-refractivity contribution < 1.29 is 19.0 Å². The molecule has 0 N–H and O–H groups in total. The highest BCUT2D eigenvalue weighted by Gasteiger charge is 2.54. The zero-order chi connectivity index (χ0) is 17.0. The van der Waals surface area contributed by atoms with Crippen LogP contribution >= 0.6 is 0 Å². The van der Waals surface area contributed by atoms with Crippen LogP contribution in [-0.2, 0) is 20.7 Å². The zero-order valence-electron chi connectivity index (χ0n) is 14.6. The number of benzene rings is 1. The van der Waals surface area contributed by atoms with E-state index in [1.807, 2.05) is 36.1 Å². The van der Waals surface area contributed by atoms with Gasteiger partial charge in [-0.05, 0) is 37.5 Å². The fraction of sp³-hybridized carbons (Fsp3) is 0.632. The maximum atomic E-state index is 12.4. The number of rotatable bonds is 7. The van der Waals surface area contributed by atoms with Crippen molar-refractivity contribution in [3.8, 4) is 5.75 Å². The Morgan fingerprint density at radius 3 is 2.75 bits per heavy atom. The molecular formula is C19H27NO4. The second-order valence-corrected chi connectivity index (χ2v) is 6.68. The SMILES string of the molecule is CCOc1ccc(CCC(=O)N2CC3(C2)OCC[C@H]3COC)cc1. The van der Waals surface area contributed by atoms with Gasteiger partial charge in [-0.2, -0.15) is 0 Å². The molecule has 2 fully saturated rings. The molecule has 0 unspecified atom stereocenters. The molecule has 2 aliphatic heterocycles. The predicted molar refractivity (Wildman–Crippen MR) is 91.2 cm³/mol. The van der Waals surface area contributed by atoms with E-state index in [9.17, 15) is 4.79 Å². The summed E-state index contributed by atoms with van der Waals surface area (Å²) in [7, 11) is 1.73. The Morgan fingerprint density at radius 1 is 1.33 bits per heavy atom. The van der Waals surface area contributed by atoms with Crippen molar-refractivity contribution in [1.29, 1.82) is 0 Å². The summed E-state index contributed by atoms with van der Waals surface area (Å²) in [6, 6.07) is 7.99. The molecule has 0 radical (unpaired) electrons. The summed E-state index contributed by atoms with van der Waals surface area (Å²) in [6.45, 7) is 5.56. The summed E-state index contributed by atoms with van der Waals surface area (Å²) < 4.78 is 16.7. The maximum Gasteiger partial charge on any atom is 0.223 e. The Labute approximate surface area is 143 Å². The first-order chi connectivity index (χ1) is 11.7. The molecule has 2 heterocycles. The highest BCUT2D eigenvalue weighted by atomic mass is 16.5. The molecule has 0 aliphatic carbocycles. The van der Waals surface area contributed by atoms with E-state index < -0.39 is 0 Å². The lowest BCUT2D eigenvalue weighted by molar-refractivity contribution is -0.168. The van der Waals surface area contributed by atoms with Crippen molar-refractivity contribution in [2.75, 3.05) is 40.0 Å². The van der Waals surface area contributed by atoms with Crippen LogP contribution in [0, 0.1) is 5.92 Å². The third-order valence-electron chi connectivity index (χ3n) is 5.10. The van der Waals surface area contributed by atoms with Crippen LogP contribution < -0.4 is 4.74 Å². The number of nitrogens with zero attached hydrogens (tertiary/aromatic N) is 1. The number of ether oxygens (including phenoxy) is 3. The molecule has 2 saturated heterocycles. The van der Waals surface area contributed by atoms with Gasteiger partial charge in [-0.25, -0.2) is 0 Å². The van der Waals surface area contributed by atoms with Crippen LogP contribution in [0.4, 0.5) is 0 Å². The molecule has 1 atom stereocenters. The number of hydrogen-bond acceptors (Lipinski definition) is 4. The van der Waals surface area contributed by atoms with Gasteiger partial charge in [-0.3, -0.25) is 4.79 Å². The Kier molecular flexibility index (Phi) is 5.41. The topological polar surface area (TPSA) is 48.0 Å². The maximum absolute atomic E-state index is 12.4. The number of carbonyl (C=O) groups excluding carboxylic acids is 1. The summed E-state index contributed by atoms with van der Waals surface area (Å²) in [4.78, 5) is 14.3. The van der Waals surface area contributed by atoms with Gasteiger partial charge < -0.3 is 19.1 Å². The van der Waals surface area contributed by atoms with Crippen molar-refractivity contribution in [3.63, 3.8) is 0 Å². The van der Waals surface area contributed by atoms with Gasteiger partial charge in [0, 0.05) is 26.1 Å². The minimum absolute atomic E-state index is 0.148. The fourth-order valence-electron chi connectivity index (χ4n) is 3.68. The molecule has 5 heteroatoms. The van der Waals surface area contributed by atoms with Crippen LogP contribution in [0.15, 0.2) is 24.3 Å². The van der Waals surface area contributed by atoms with Gasteiger partial charge in [0.1, 0.15) is 11.4 Å². The monoisotopic (exact) mass is 333 g/mol. The van der Waals surface area contributed by atoms with Crippen LogP contribution in [0.2, 0.25) is 0 Å². The van der Waals surface area contributed by atoms with E-state index in [1.165, 1.54) is 0 Å². The number of methoxy groups -OCH3 is 1. The number of aryl methyl sites for hydroxylation is 1. The average molecular weight is 333 g/mol. The summed E-state index contributed by atoms with van der Waals surface area (Å²) in [5.74, 6) is 1.50. The summed E-state index contributed by atoms with van der Waals surface area (Å²) in [5.41, 5.74) is 1.02. The van der Waals surface area contributed by atoms with Gasteiger partial charge in [-0.1, -0.05) is 12.1 Å². The van der Waals surface area contributed by atoms with E-state index in [2.05, 4.69) is 0 Å². The highest BCUT2D eigenvalue weighted by Crippen LogP contribution is 2.40. The second kappa shape index (κ2) is 7.53. The first-order valence-electron chi connectivity index (χ1n) is 8.79. The number of carbonyl (C=O) groups is 1. The van der Waals surface area contributed by atoms with Crippen molar-refractivity contribution >= 4 is 5.91 Å². The van der Waals surface area contributed by atoms with Gasteiger partial charge >= 0.3 is 0 Å². The predicted octanol–water partition coefficient (Wildman–Crippen LogP) is 2.28. The summed E-state index contributed by atoms with van der Waals surface area (Å²) in [5, 5.41) is 0. The van der Waals surface area contributed by atoms with Crippen LogP contribution in [0.3, 0.4) is 0 Å². The van der Waals surface area contributed by atoms with Gasteiger partial charge in [-0.15, -0.1) is 0 Å². The van der Waals surface area contributed by atoms with E-state index >= 15 is 0 Å². The molecule has 132 valence electrons. The zero-order valence-corrected chi connectivity index (χ0v) is 14.6. The van der Waals surface area contributed by atoms with Crippen LogP contribution in [-0.4, -0.2) is 56.4 Å². The van der Waals surface area contributed by atoms with Crippen molar-refractivity contribution in [2.24, 2.45) is 5.92 Å². The van der Waals surface area contributed by atoms with Crippen LogP contribution in [0.25, 0.3) is 0 Å². The molecule has 0 aromatic heterocycles. The summed E-state index contributed by atoms with van der Waals surface area (Å²) >= 11 is 0. The first-order valence-corrected chi connectivity index (χ1v) is 8.79. The van der Waals surface area contributed by atoms with Crippen molar-refractivity contribution in [1.82, 2.24) is 4.90 Å². The first kappa shape index (κ1) is 17.2. The molecule has 0 saturated carbocycles. The Balaban J connectivity index is 1.45. The highest BCUT2D eigenvalue weighted by molar-refractivity contribution is 5.77. The largest absolute Gasteiger partial charge is 0.494 e. The lowest BCUT2D eigenvalue weighted by Gasteiger charge is -2.50. The molecule has 3 rings (SSSR count). The van der Waals surface area contributed by atoms with E-state index in [-0.39, 0.29) is 11.5 Å². The van der Waals surface area contributed by atoms with E-state index in [4.69, 9.17) is 14.2 Å².